The van der Waals surface area contributed by atoms with E-state index in [4.69, 9.17) is 4.74 Å². The summed E-state index contributed by atoms with van der Waals surface area (Å²) < 4.78 is 34.2. The van der Waals surface area contributed by atoms with Gasteiger partial charge in [-0.05, 0) is 12.3 Å². The zero-order valence-electron chi connectivity index (χ0n) is 16.1. The molecule has 4 rings (SSSR count). The highest BCUT2D eigenvalue weighted by Gasteiger charge is 2.34. The van der Waals surface area contributed by atoms with Crippen molar-refractivity contribution < 1.29 is 18.3 Å². The van der Waals surface area contributed by atoms with Crippen LogP contribution in [0.3, 0.4) is 0 Å². The van der Waals surface area contributed by atoms with Crippen LogP contribution in [0, 0.1) is 17.6 Å². The van der Waals surface area contributed by atoms with E-state index in [1.54, 1.807) is 13.1 Å². The zero-order chi connectivity index (χ0) is 20.7. The normalized spacial score (nSPS) is 17.8. The number of amides is 1. The quantitative estimate of drug-likeness (QED) is 0.587. The van der Waals surface area contributed by atoms with Crippen molar-refractivity contribution in [2.75, 3.05) is 24.8 Å². The van der Waals surface area contributed by atoms with Crippen molar-refractivity contribution in [2.45, 2.75) is 19.4 Å². The summed E-state index contributed by atoms with van der Waals surface area (Å²) in [7, 11) is 2.98. The molecule has 152 valence electrons. The van der Waals surface area contributed by atoms with Crippen molar-refractivity contribution in [3.63, 3.8) is 0 Å². The van der Waals surface area contributed by atoms with E-state index in [1.165, 1.54) is 17.8 Å². The lowest BCUT2D eigenvalue weighted by Gasteiger charge is -2.13. The number of methoxy groups -OCH3 is 1. The predicted octanol–water partition coefficient (Wildman–Crippen LogP) is 2.94. The van der Waals surface area contributed by atoms with Gasteiger partial charge in [0, 0.05) is 31.3 Å². The molecule has 1 aliphatic carbocycles. The first kappa shape index (κ1) is 18.9. The summed E-state index contributed by atoms with van der Waals surface area (Å²) in [6.07, 6.45) is 2.38. The van der Waals surface area contributed by atoms with E-state index in [2.05, 4.69) is 33.0 Å². The fourth-order valence-electron chi connectivity index (χ4n) is 3.13. The number of hydrogen-bond donors (Lipinski definition) is 3. The average Bonchev–Trinajstić information content (AvgIpc) is 3.19. The molecule has 1 aromatic carbocycles. The fraction of sp³-hybridized carbons (Fsp3) is 0.316. The van der Waals surface area contributed by atoms with E-state index in [0.29, 0.717) is 22.9 Å². The Labute approximate surface area is 165 Å². The van der Waals surface area contributed by atoms with Gasteiger partial charge < -0.3 is 20.7 Å². The number of fused-ring (bicyclic) bond motifs is 1. The minimum absolute atomic E-state index is 0.0706. The van der Waals surface area contributed by atoms with Crippen LogP contribution < -0.4 is 20.7 Å². The van der Waals surface area contributed by atoms with Crippen LogP contribution >= 0.6 is 0 Å². The largest absolute Gasteiger partial charge is 0.492 e. The van der Waals surface area contributed by atoms with Crippen molar-refractivity contribution in [3.8, 4) is 5.75 Å². The predicted molar refractivity (Wildman–Crippen MR) is 104 cm³/mol. The van der Waals surface area contributed by atoms with Crippen molar-refractivity contribution >= 4 is 28.9 Å². The Morgan fingerprint density at radius 3 is 2.72 bits per heavy atom. The van der Waals surface area contributed by atoms with E-state index in [-0.39, 0.29) is 29.2 Å². The van der Waals surface area contributed by atoms with Gasteiger partial charge in [0.1, 0.15) is 23.0 Å². The van der Waals surface area contributed by atoms with Crippen molar-refractivity contribution in [1.29, 1.82) is 0 Å². The summed E-state index contributed by atoms with van der Waals surface area (Å²) in [4.78, 5) is 17.0. The molecule has 2 heterocycles. The third kappa shape index (κ3) is 3.53. The second-order valence-corrected chi connectivity index (χ2v) is 6.96. The van der Waals surface area contributed by atoms with Crippen LogP contribution in [0.1, 0.15) is 23.7 Å². The van der Waals surface area contributed by atoms with Gasteiger partial charge in [0.05, 0.1) is 19.0 Å². The van der Waals surface area contributed by atoms with Crippen LogP contribution in [0.25, 0.3) is 5.65 Å². The highest BCUT2D eigenvalue weighted by molar-refractivity contribution is 6.00. The summed E-state index contributed by atoms with van der Waals surface area (Å²) in [6.45, 7) is 2.06. The van der Waals surface area contributed by atoms with Crippen LogP contribution in [0.2, 0.25) is 0 Å². The summed E-state index contributed by atoms with van der Waals surface area (Å²) in [6, 6.07) is 3.60. The molecule has 1 aliphatic rings. The number of carbonyl (C=O) groups excluding carboxylic acids is 1. The molecule has 29 heavy (non-hydrogen) atoms. The molecule has 0 bridgehead atoms. The van der Waals surface area contributed by atoms with E-state index in [0.717, 1.165) is 18.6 Å². The van der Waals surface area contributed by atoms with E-state index in [9.17, 15) is 13.6 Å². The van der Waals surface area contributed by atoms with Gasteiger partial charge in [-0.3, -0.25) is 4.79 Å². The molecule has 3 aromatic rings. The van der Waals surface area contributed by atoms with Crippen molar-refractivity contribution in [3.05, 3.63) is 41.6 Å². The smallest absolute Gasteiger partial charge is 0.256 e. The molecule has 2 unspecified atom stereocenters. The molecule has 1 saturated carbocycles. The molecule has 0 aliphatic heterocycles. The second-order valence-electron chi connectivity index (χ2n) is 6.96. The van der Waals surface area contributed by atoms with Crippen LogP contribution in [-0.4, -0.2) is 40.7 Å². The molecule has 0 spiro atoms. The first-order valence-corrected chi connectivity index (χ1v) is 9.08. The minimum Gasteiger partial charge on any atom is -0.492 e. The SMILES string of the molecule is CNc1cc(Nc2cc(F)cc(F)c2OC)nc2c(C(=O)NC3CC3C)cnn12. The Morgan fingerprint density at radius 2 is 2.07 bits per heavy atom. The zero-order valence-corrected chi connectivity index (χ0v) is 16.1. The molecule has 0 saturated heterocycles. The number of benzene rings is 1. The molecule has 10 heteroatoms. The third-order valence-corrected chi connectivity index (χ3v) is 4.87. The van der Waals surface area contributed by atoms with Crippen LogP contribution in [0.5, 0.6) is 5.75 Å². The lowest BCUT2D eigenvalue weighted by atomic mass is 10.2. The van der Waals surface area contributed by atoms with E-state index < -0.39 is 11.6 Å². The maximum Gasteiger partial charge on any atom is 0.256 e. The number of carbonyl (C=O) groups is 1. The lowest BCUT2D eigenvalue weighted by Crippen LogP contribution is -2.26. The molecular weight excluding hydrogens is 382 g/mol. The van der Waals surface area contributed by atoms with Gasteiger partial charge in [0.2, 0.25) is 0 Å². The standard InChI is InChI=1S/C19H20F2N6O2/c1-9-4-13(9)25-19(28)11-8-23-27-16(22-2)7-15(26-18(11)27)24-14-6-10(20)5-12(21)17(14)29-3/h5-9,13,22H,4H2,1-3H3,(H,24,26)(H,25,28). The monoisotopic (exact) mass is 402 g/mol. The van der Waals surface area contributed by atoms with Crippen LogP contribution in [-0.2, 0) is 0 Å². The number of ether oxygens (including phenoxy) is 1. The molecule has 1 amide bonds. The number of halogens is 2. The molecule has 8 nitrogen and oxygen atoms in total. The van der Waals surface area contributed by atoms with E-state index in [1.807, 2.05) is 0 Å². The topological polar surface area (TPSA) is 92.6 Å². The van der Waals surface area contributed by atoms with Gasteiger partial charge in [0.25, 0.3) is 5.91 Å². The second kappa shape index (κ2) is 7.19. The molecular formula is C19H20F2N6O2. The number of nitrogens with one attached hydrogen (secondary N) is 3. The van der Waals surface area contributed by atoms with Gasteiger partial charge in [-0.1, -0.05) is 6.92 Å². The molecule has 2 aromatic heterocycles. The first-order chi connectivity index (χ1) is 13.9. The van der Waals surface area contributed by atoms with Gasteiger partial charge in [-0.25, -0.2) is 13.8 Å². The summed E-state index contributed by atoms with van der Waals surface area (Å²) >= 11 is 0. The summed E-state index contributed by atoms with van der Waals surface area (Å²) in [5.41, 5.74) is 0.684. The molecule has 2 atom stereocenters. The first-order valence-electron chi connectivity index (χ1n) is 9.08. The highest BCUT2D eigenvalue weighted by atomic mass is 19.1. The molecule has 3 N–H and O–H groups in total. The van der Waals surface area contributed by atoms with Gasteiger partial charge in [0.15, 0.2) is 17.2 Å². The van der Waals surface area contributed by atoms with Crippen molar-refractivity contribution in [2.24, 2.45) is 5.92 Å². The molecule has 1 fully saturated rings. The number of nitrogens with zero attached hydrogens (tertiary/aromatic N) is 3. The average molecular weight is 402 g/mol. The Balaban J connectivity index is 1.74. The Kier molecular flexibility index (Phi) is 4.69. The maximum absolute atomic E-state index is 14.0. The van der Waals surface area contributed by atoms with Gasteiger partial charge in [-0.2, -0.15) is 9.61 Å². The molecule has 0 radical (unpaired) electrons. The van der Waals surface area contributed by atoms with E-state index >= 15 is 0 Å². The number of rotatable bonds is 6. The minimum atomic E-state index is -0.840. The summed E-state index contributed by atoms with van der Waals surface area (Å²) in [5.74, 6) is -0.763. The number of hydrogen-bond acceptors (Lipinski definition) is 6. The van der Waals surface area contributed by atoms with Crippen LogP contribution in [0.15, 0.2) is 24.4 Å². The van der Waals surface area contributed by atoms with Crippen LogP contribution in [0.4, 0.5) is 26.1 Å². The van der Waals surface area contributed by atoms with Crippen molar-refractivity contribution in [1.82, 2.24) is 19.9 Å². The highest BCUT2D eigenvalue weighted by Crippen LogP contribution is 2.32. The Hall–Kier alpha value is -3.43. The Bertz CT molecular complexity index is 1100. The fourth-order valence-corrected chi connectivity index (χ4v) is 3.13. The third-order valence-electron chi connectivity index (χ3n) is 4.87. The van der Waals surface area contributed by atoms with Gasteiger partial charge >= 0.3 is 0 Å². The lowest BCUT2D eigenvalue weighted by molar-refractivity contribution is 0.0951. The summed E-state index contributed by atoms with van der Waals surface area (Å²) in [5, 5.41) is 13.0. The maximum atomic E-state index is 14.0. The number of aromatic nitrogens is 3. The van der Waals surface area contributed by atoms with Gasteiger partial charge in [-0.15, -0.1) is 0 Å². The Morgan fingerprint density at radius 1 is 1.31 bits per heavy atom. The number of anilines is 3.